The average Bonchev–Trinajstić information content (AvgIpc) is 2.71. The Morgan fingerprint density at radius 3 is 2.70 bits per heavy atom. The minimum atomic E-state index is -0.316. The highest BCUT2D eigenvalue weighted by molar-refractivity contribution is 9.10. The van der Waals surface area contributed by atoms with Crippen molar-refractivity contribution in [2.24, 2.45) is 0 Å². The molecule has 0 bridgehead atoms. The lowest BCUT2D eigenvalue weighted by Gasteiger charge is -2.14. The third-order valence-electron chi connectivity index (χ3n) is 4.70. The highest BCUT2D eigenvalue weighted by Crippen LogP contribution is 2.24. The number of pyridine rings is 1. The van der Waals surface area contributed by atoms with Crippen LogP contribution in [0.5, 0.6) is 0 Å². The van der Waals surface area contributed by atoms with Crippen molar-refractivity contribution in [2.75, 3.05) is 5.32 Å². The monoisotopic (exact) mass is 482 g/mol. The average molecular weight is 484 g/mol. The molecule has 0 radical (unpaired) electrons. The summed E-state index contributed by atoms with van der Waals surface area (Å²) >= 11 is 9.50. The normalized spacial score (nSPS) is 10.9. The fourth-order valence-electron chi connectivity index (χ4n) is 3.22. The lowest BCUT2D eigenvalue weighted by atomic mass is 10.1. The number of aromatic nitrogens is 3. The van der Waals surface area contributed by atoms with Crippen LogP contribution >= 0.6 is 27.5 Å². The van der Waals surface area contributed by atoms with Gasteiger partial charge in [0.05, 0.1) is 21.7 Å². The first-order valence-corrected chi connectivity index (χ1v) is 10.2. The first-order chi connectivity index (χ1) is 14.3. The third-order valence-corrected chi connectivity index (χ3v) is 5.52. The molecule has 6 nitrogen and oxygen atoms in total. The molecule has 150 valence electrons. The minimum absolute atomic E-state index is 0.192. The number of nitrogens with zero attached hydrogens (tertiary/aromatic N) is 3. The zero-order valence-electron chi connectivity index (χ0n) is 16.1. The number of benzene rings is 2. The molecule has 30 heavy (non-hydrogen) atoms. The summed E-state index contributed by atoms with van der Waals surface area (Å²) in [6.45, 7) is 3.62. The van der Waals surface area contributed by atoms with Gasteiger partial charge in [0, 0.05) is 16.4 Å². The van der Waals surface area contributed by atoms with Crippen LogP contribution in [0.4, 0.5) is 5.69 Å². The van der Waals surface area contributed by atoms with E-state index in [1.165, 1.54) is 4.57 Å². The molecule has 8 heteroatoms. The number of fused-ring (bicyclic) bond motifs is 1. The second-order valence-corrected chi connectivity index (χ2v) is 8.07. The van der Waals surface area contributed by atoms with E-state index in [0.29, 0.717) is 38.8 Å². The van der Waals surface area contributed by atoms with Gasteiger partial charge in [-0.3, -0.25) is 14.2 Å². The van der Waals surface area contributed by atoms with Crippen molar-refractivity contribution < 1.29 is 4.79 Å². The van der Waals surface area contributed by atoms with Crippen molar-refractivity contribution in [1.29, 1.82) is 0 Å². The van der Waals surface area contributed by atoms with Crippen molar-refractivity contribution in [3.8, 4) is 5.69 Å². The third kappa shape index (κ3) is 3.74. The van der Waals surface area contributed by atoms with Gasteiger partial charge in [-0.2, -0.15) is 0 Å². The van der Waals surface area contributed by atoms with Crippen LogP contribution in [0.3, 0.4) is 0 Å². The standard InChI is InChI=1S/C22H16BrClN4O2/c1-12-10-15(28-13(2)26-20-16(22(28)30)4-3-9-25-20)6-8-19(12)27-21(29)17-11-14(23)5-7-18(17)24/h3-11H,1-2H3,(H,27,29). The van der Waals surface area contributed by atoms with Crippen molar-refractivity contribution in [3.63, 3.8) is 0 Å². The lowest BCUT2D eigenvalue weighted by molar-refractivity contribution is 0.102. The van der Waals surface area contributed by atoms with Gasteiger partial charge in [-0.25, -0.2) is 9.97 Å². The number of aryl methyl sites for hydroxylation is 2. The summed E-state index contributed by atoms with van der Waals surface area (Å²) in [5.74, 6) is 0.215. The van der Waals surface area contributed by atoms with E-state index < -0.39 is 0 Å². The molecule has 0 spiro atoms. The quantitative estimate of drug-likeness (QED) is 0.441. The smallest absolute Gasteiger partial charge is 0.267 e. The fraction of sp³-hybridized carbons (Fsp3) is 0.0909. The van der Waals surface area contributed by atoms with E-state index >= 15 is 0 Å². The van der Waals surface area contributed by atoms with E-state index in [-0.39, 0.29) is 11.5 Å². The molecule has 1 amide bonds. The highest BCUT2D eigenvalue weighted by atomic mass is 79.9. The molecule has 0 aliphatic carbocycles. The summed E-state index contributed by atoms with van der Waals surface area (Å²) in [7, 11) is 0. The van der Waals surface area contributed by atoms with Crippen LogP contribution in [-0.4, -0.2) is 20.4 Å². The predicted octanol–water partition coefficient (Wildman–Crippen LogP) is 5.07. The van der Waals surface area contributed by atoms with Crippen molar-refractivity contribution >= 4 is 50.2 Å². The van der Waals surface area contributed by atoms with Gasteiger partial charge in [0.1, 0.15) is 5.82 Å². The predicted molar refractivity (Wildman–Crippen MR) is 122 cm³/mol. The molecular weight excluding hydrogens is 468 g/mol. The number of nitrogens with one attached hydrogen (secondary N) is 1. The van der Waals surface area contributed by atoms with Gasteiger partial charge in [0.15, 0.2) is 5.65 Å². The van der Waals surface area contributed by atoms with E-state index in [4.69, 9.17) is 11.6 Å². The largest absolute Gasteiger partial charge is 0.322 e. The SMILES string of the molecule is Cc1cc(-n2c(C)nc3ncccc3c2=O)ccc1NC(=O)c1cc(Br)ccc1Cl. The number of anilines is 1. The van der Waals surface area contributed by atoms with Crippen LogP contribution in [0.15, 0.2) is 64.0 Å². The van der Waals surface area contributed by atoms with Crippen LogP contribution in [0.25, 0.3) is 16.7 Å². The number of hydrogen-bond donors (Lipinski definition) is 1. The van der Waals surface area contributed by atoms with Crippen molar-refractivity contribution in [2.45, 2.75) is 13.8 Å². The summed E-state index contributed by atoms with van der Waals surface area (Å²) in [5, 5.41) is 3.69. The first kappa shape index (κ1) is 20.3. The van der Waals surface area contributed by atoms with Gasteiger partial charge in [0.2, 0.25) is 0 Å². The van der Waals surface area contributed by atoms with Gasteiger partial charge in [-0.05, 0) is 67.9 Å². The summed E-state index contributed by atoms with van der Waals surface area (Å²) in [6, 6.07) is 13.9. The molecule has 2 aromatic heterocycles. The van der Waals surface area contributed by atoms with Crippen LogP contribution in [-0.2, 0) is 0 Å². The highest BCUT2D eigenvalue weighted by Gasteiger charge is 2.14. The Hall–Kier alpha value is -3.03. The van der Waals surface area contributed by atoms with Crippen LogP contribution < -0.4 is 10.9 Å². The van der Waals surface area contributed by atoms with Crippen molar-refractivity contribution in [1.82, 2.24) is 14.5 Å². The molecule has 0 saturated carbocycles. The Labute approximate surface area is 185 Å². The number of amides is 1. The maximum Gasteiger partial charge on any atom is 0.267 e. The zero-order valence-corrected chi connectivity index (χ0v) is 18.5. The summed E-state index contributed by atoms with van der Waals surface area (Å²) in [5.41, 5.74) is 2.68. The number of hydrogen-bond acceptors (Lipinski definition) is 4. The molecule has 4 aromatic rings. The number of carbonyl (C=O) groups excluding carboxylic acids is 1. The molecule has 0 saturated heterocycles. The Morgan fingerprint density at radius 2 is 1.93 bits per heavy atom. The van der Waals surface area contributed by atoms with Gasteiger partial charge in [-0.15, -0.1) is 0 Å². The molecule has 0 unspecified atom stereocenters. The Bertz CT molecular complexity index is 1370. The summed E-state index contributed by atoms with van der Waals surface area (Å²) in [6.07, 6.45) is 1.61. The Morgan fingerprint density at radius 1 is 1.13 bits per heavy atom. The molecule has 2 aromatic carbocycles. The van der Waals surface area contributed by atoms with E-state index in [0.717, 1.165) is 10.0 Å². The molecule has 0 fully saturated rings. The van der Waals surface area contributed by atoms with E-state index in [2.05, 4.69) is 31.2 Å². The second kappa shape index (κ2) is 8.01. The molecule has 4 rings (SSSR count). The maximum atomic E-state index is 13.0. The molecule has 0 aliphatic heterocycles. The maximum absolute atomic E-state index is 13.0. The zero-order chi connectivity index (χ0) is 21.4. The van der Waals surface area contributed by atoms with E-state index in [1.807, 2.05) is 13.0 Å². The fourth-order valence-corrected chi connectivity index (χ4v) is 3.78. The number of rotatable bonds is 3. The van der Waals surface area contributed by atoms with Gasteiger partial charge in [0.25, 0.3) is 11.5 Å². The van der Waals surface area contributed by atoms with Crippen LogP contribution in [0.2, 0.25) is 5.02 Å². The molecule has 2 heterocycles. The van der Waals surface area contributed by atoms with E-state index in [9.17, 15) is 9.59 Å². The molecule has 0 aliphatic rings. The number of halogens is 2. The van der Waals surface area contributed by atoms with E-state index in [1.54, 1.807) is 55.6 Å². The summed E-state index contributed by atoms with van der Waals surface area (Å²) < 4.78 is 2.30. The first-order valence-electron chi connectivity index (χ1n) is 9.07. The molecule has 0 atom stereocenters. The van der Waals surface area contributed by atoms with Gasteiger partial charge >= 0.3 is 0 Å². The number of carbonyl (C=O) groups is 1. The van der Waals surface area contributed by atoms with Crippen LogP contribution in [0.1, 0.15) is 21.7 Å². The lowest BCUT2D eigenvalue weighted by Crippen LogP contribution is -2.23. The molecule has 1 N–H and O–H groups in total. The minimum Gasteiger partial charge on any atom is -0.322 e. The topological polar surface area (TPSA) is 76.9 Å². The summed E-state index contributed by atoms with van der Waals surface area (Å²) in [4.78, 5) is 34.2. The van der Waals surface area contributed by atoms with Crippen LogP contribution in [0, 0.1) is 13.8 Å². The van der Waals surface area contributed by atoms with Gasteiger partial charge < -0.3 is 5.32 Å². The molecular formula is C22H16BrClN4O2. The second-order valence-electron chi connectivity index (χ2n) is 6.75. The Kier molecular flexibility index (Phi) is 5.40. The van der Waals surface area contributed by atoms with Crippen molar-refractivity contribution in [3.05, 3.63) is 91.5 Å². The Balaban J connectivity index is 1.71. The van der Waals surface area contributed by atoms with Gasteiger partial charge in [-0.1, -0.05) is 27.5 Å².